The van der Waals surface area contributed by atoms with Gasteiger partial charge in [0.05, 0.1) is 36.3 Å². The van der Waals surface area contributed by atoms with Gasteiger partial charge in [0.15, 0.2) is 22.4 Å². The Kier molecular flexibility index (Phi) is 6.36. The lowest BCUT2D eigenvalue weighted by molar-refractivity contribution is -0.385. The molecule has 1 aliphatic carbocycles. The van der Waals surface area contributed by atoms with Crippen LogP contribution in [-0.4, -0.2) is 41.0 Å². The summed E-state index contributed by atoms with van der Waals surface area (Å²) in [5, 5.41) is 15.5. The van der Waals surface area contributed by atoms with Gasteiger partial charge in [0.2, 0.25) is 0 Å². The van der Waals surface area contributed by atoms with E-state index in [1.807, 2.05) is 18.7 Å². The molecule has 0 aromatic heterocycles. The van der Waals surface area contributed by atoms with Gasteiger partial charge in [-0.25, -0.2) is 0 Å². The molecule has 0 bridgehead atoms. The number of benzene rings is 1. The van der Waals surface area contributed by atoms with Crippen LogP contribution in [0, 0.1) is 10.1 Å². The molecule has 0 radical (unpaired) electrons. The minimum Gasteiger partial charge on any atom is -0.493 e. The fraction of sp³-hybridized carbons (Fsp3) is 0.500. The Morgan fingerprint density at radius 2 is 2.07 bits per heavy atom. The molecule has 0 saturated carbocycles. The molecule has 1 unspecified atom stereocenters. The van der Waals surface area contributed by atoms with Gasteiger partial charge in [0, 0.05) is 24.2 Å². The van der Waals surface area contributed by atoms with Gasteiger partial charge in [-0.3, -0.25) is 14.9 Å². The first-order chi connectivity index (χ1) is 13.9. The lowest BCUT2D eigenvalue weighted by Crippen LogP contribution is -2.49. The van der Waals surface area contributed by atoms with Crippen molar-refractivity contribution in [2.24, 2.45) is 0 Å². The summed E-state index contributed by atoms with van der Waals surface area (Å²) in [6.07, 6.45) is 2.67. The molecule has 8 nitrogen and oxygen atoms in total. The van der Waals surface area contributed by atoms with Gasteiger partial charge in [0.25, 0.3) is 5.69 Å². The number of ether oxygens (including phenoxy) is 2. The largest absolute Gasteiger partial charge is 0.493 e. The molecule has 1 aliphatic heterocycles. The maximum absolute atomic E-state index is 12.8. The van der Waals surface area contributed by atoms with Gasteiger partial charge < -0.3 is 19.7 Å². The minimum absolute atomic E-state index is 0.00848. The number of nitro benzene ring substituents is 1. The van der Waals surface area contributed by atoms with E-state index in [2.05, 4.69) is 5.32 Å². The molecule has 0 saturated heterocycles. The van der Waals surface area contributed by atoms with Crippen LogP contribution >= 0.6 is 12.2 Å². The topological polar surface area (TPSA) is 93.9 Å². The van der Waals surface area contributed by atoms with E-state index in [9.17, 15) is 14.9 Å². The molecule has 2 aliphatic rings. The molecule has 3 rings (SSSR count). The molecule has 1 atom stereocenters. The standard InChI is InChI=1S/C20H25N3O5S/c1-4-9-28-17-10-12(14(23(25)26)11-16(17)27-3)19-18-13(7-6-8-15(18)24)22(5-2)20(29)21-19/h10-11,19H,4-9H2,1-3H3,(H,21,29). The number of hydrogen-bond acceptors (Lipinski definition) is 6. The molecular formula is C20H25N3O5S. The van der Waals surface area contributed by atoms with E-state index in [0.29, 0.717) is 41.6 Å². The fourth-order valence-corrected chi connectivity index (χ4v) is 4.21. The molecule has 9 heteroatoms. The molecule has 0 amide bonds. The Morgan fingerprint density at radius 3 is 2.69 bits per heavy atom. The zero-order valence-electron chi connectivity index (χ0n) is 16.8. The number of thiocarbonyl (C=S) groups is 1. The monoisotopic (exact) mass is 419 g/mol. The number of rotatable bonds is 7. The Labute approximate surface area is 175 Å². The maximum atomic E-state index is 12.8. The number of carbonyl (C=O) groups excluding carboxylic acids is 1. The van der Waals surface area contributed by atoms with Gasteiger partial charge in [-0.05, 0) is 44.5 Å². The van der Waals surface area contributed by atoms with E-state index in [4.69, 9.17) is 21.7 Å². The van der Waals surface area contributed by atoms with Crippen molar-refractivity contribution in [3.8, 4) is 11.5 Å². The normalized spacial score (nSPS) is 19.0. The molecular weight excluding hydrogens is 394 g/mol. The van der Waals surface area contributed by atoms with Crippen LogP contribution in [0.2, 0.25) is 0 Å². The van der Waals surface area contributed by atoms with Crippen molar-refractivity contribution >= 4 is 28.8 Å². The fourth-order valence-electron chi connectivity index (χ4n) is 3.86. The number of carbonyl (C=O) groups is 1. The summed E-state index contributed by atoms with van der Waals surface area (Å²) < 4.78 is 11.1. The van der Waals surface area contributed by atoms with Crippen LogP contribution in [0.3, 0.4) is 0 Å². The van der Waals surface area contributed by atoms with Gasteiger partial charge in [-0.15, -0.1) is 0 Å². The summed E-state index contributed by atoms with van der Waals surface area (Å²) >= 11 is 5.51. The van der Waals surface area contributed by atoms with Crippen molar-refractivity contribution < 1.29 is 19.2 Å². The van der Waals surface area contributed by atoms with Crippen LogP contribution in [-0.2, 0) is 4.79 Å². The molecule has 0 fully saturated rings. The molecule has 1 aromatic carbocycles. The highest BCUT2D eigenvalue weighted by atomic mass is 32.1. The number of nitrogens with one attached hydrogen (secondary N) is 1. The SMILES string of the molecule is CCCOc1cc(C2NC(=S)N(CC)C3=C2C(=O)CCC3)c([N+](=O)[O-])cc1OC. The third-order valence-electron chi connectivity index (χ3n) is 5.15. The smallest absolute Gasteiger partial charge is 0.279 e. The number of nitro groups is 1. The van der Waals surface area contributed by atoms with Crippen molar-refractivity contribution in [1.82, 2.24) is 10.2 Å². The first-order valence-corrected chi connectivity index (χ1v) is 10.2. The van der Waals surface area contributed by atoms with E-state index >= 15 is 0 Å². The van der Waals surface area contributed by atoms with Crippen LogP contribution in [0.1, 0.15) is 51.1 Å². The molecule has 156 valence electrons. The lowest BCUT2D eigenvalue weighted by atomic mass is 9.84. The van der Waals surface area contributed by atoms with Crippen LogP contribution in [0.25, 0.3) is 0 Å². The van der Waals surface area contributed by atoms with Crippen molar-refractivity contribution in [2.75, 3.05) is 20.3 Å². The third-order valence-corrected chi connectivity index (χ3v) is 5.49. The van der Waals surface area contributed by atoms with Gasteiger partial charge in [0.1, 0.15) is 0 Å². The van der Waals surface area contributed by atoms with E-state index in [1.54, 1.807) is 6.07 Å². The Morgan fingerprint density at radius 1 is 1.31 bits per heavy atom. The highest BCUT2D eigenvalue weighted by Gasteiger charge is 2.39. The molecule has 1 N–H and O–H groups in total. The molecule has 1 heterocycles. The zero-order valence-corrected chi connectivity index (χ0v) is 17.6. The predicted molar refractivity (Wildman–Crippen MR) is 112 cm³/mol. The molecule has 29 heavy (non-hydrogen) atoms. The van der Waals surface area contributed by atoms with Crippen molar-refractivity contribution in [3.63, 3.8) is 0 Å². The first kappa shape index (κ1) is 21.0. The van der Waals surface area contributed by atoms with E-state index in [1.165, 1.54) is 13.2 Å². The lowest BCUT2D eigenvalue weighted by Gasteiger charge is -2.40. The summed E-state index contributed by atoms with van der Waals surface area (Å²) in [4.78, 5) is 26.1. The predicted octanol–water partition coefficient (Wildman–Crippen LogP) is 3.65. The van der Waals surface area contributed by atoms with Crippen LogP contribution in [0.5, 0.6) is 11.5 Å². The van der Waals surface area contributed by atoms with Crippen molar-refractivity contribution in [1.29, 1.82) is 0 Å². The highest BCUT2D eigenvalue weighted by molar-refractivity contribution is 7.80. The van der Waals surface area contributed by atoms with E-state index in [-0.39, 0.29) is 17.2 Å². The summed E-state index contributed by atoms with van der Waals surface area (Å²) in [7, 11) is 1.44. The minimum atomic E-state index is -0.691. The Hall–Kier alpha value is -2.68. The number of Topliss-reactive ketones (excluding diaryl/α,β-unsaturated/α-hetero) is 1. The number of ketones is 1. The second-order valence-electron chi connectivity index (χ2n) is 6.93. The number of nitrogens with zero attached hydrogens (tertiary/aromatic N) is 2. The maximum Gasteiger partial charge on any atom is 0.279 e. The number of allylic oxidation sites excluding steroid dienone is 1. The quantitative estimate of drug-likeness (QED) is 0.407. The molecule has 0 spiro atoms. The van der Waals surface area contributed by atoms with E-state index in [0.717, 1.165) is 25.0 Å². The summed E-state index contributed by atoms with van der Waals surface area (Å²) in [6.45, 7) is 5.00. The number of methoxy groups -OCH3 is 1. The van der Waals surface area contributed by atoms with Gasteiger partial charge >= 0.3 is 0 Å². The van der Waals surface area contributed by atoms with Crippen molar-refractivity contribution in [3.05, 3.63) is 39.1 Å². The first-order valence-electron chi connectivity index (χ1n) is 9.76. The van der Waals surface area contributed by atoms with Crippen LogP contribution < -0.4 is 14.8 Å². The summed E-state index contributed by atoms with van der Waals surface area (Å²) in [5.41, 5.74) is 1.63. The Bertz CT molecular complexity index is 883. The highest BCUT2D eigenvalue weighted by Crippen LogP contribution is 2.43. The van der Waals surface area contributed by atoms with Gasteiger partial charge in [-0.1, -0.05) is 6.92 Å². The van der Waals surface area contributed by atoms with E-state index < -0.39 is 11.0 Å². The summed E-state index contributed by atoms with van der Waals surface area (Å²) in [6, 6.07) is 2.26. The Balaban J connectivity index is 2.20. The third kappa shape index (κ3) is 3.91. The van der Waals surface area contributed by atoms with Gasteiger partial charge in [-0.2, -0.15) is 0 Å². The second-order valence-corrected chi connectivity index (χ2v) is 7.32. The average Bonchev–Trinajstić information content (AvgIpc) is 2.71. The summed E-state index contributed by atoms with van der Waals surface area (Å²) in [5.74, 6) is 0.684. The zero-order chi connectivity index (χ0) is 21.1. The van der Waals surface area contributed by atoms with Crippen LogP contribution in [0.15, 0.2) is 23.4 Å². The average molecular weight is 420 g/mol. The van der Waals surface area contributed by atoms with Crippen molar-refractivity contribution in [2.45, 2.75) is 45.6 Å². The van der Waals surface area contributed by atoms with Crippen LogP contribution in [0.4, 0.5) is 5.69 Å². The number of hydrogen-bond donors (Lipinski definition) is 1. The second kappa shape index (κ2) is 8.77. The molecule has 1 aromatic rings.